The van der Waals surface area contributed by atoms with E-state index in [1.54, 1.807) is 20.3 Å². The van der Waals surface area contributed by atoms with E-state index in [-0.39, 0.29) is 4.90 Å². The van der Waals surface area contributed by atoms with Crippen molar-refractivity contribution in [3.05, 3.63) is 18.2 Å². The van der Waals surface area contributed by atoms with Gasteiger partial charge in [-0.1, -0.05) is 0 Å². The molecule has 0 radical (unpaired) electrons. The molecule has 7 nitrogen and oxygen atoms in total. The summed E-state index contributed by atoms with van der Waals surface area (Å²) < 4.78 is 33.0. The van der Waals surface area contributed by atoms with E-state index in [9.17, 15) is 8.42 Å². The SMILES string of the molecule is COCCN(CCOC)c1cc(N)cc(S(N)(=O)=O)c1. The fourth-order valence-electron chi connectivity index (χ4n) is 1.73. The molecule has 1 rings (SSSR count). The van der Waals surface area contributed by atoms with Crippen molar-refractivity contribution in [1.82, 2.24) is 0 Å². The zero-order valence-corrected chi connectivity index (χ0v) is 12.5. The Labute approximate surface area is 119 Å². The van der Waals surface area contributed by atoms with Crippen LogP contribution in [0.1, 0.15) is 0 Å². The van der Waals surface area contributed by atoms with E-state index in [1.807, 2.05) is 4.90 Å². The molecule has 8 heteroatoms. The Balaban J connectivity index is 3.08. The van der Waals surface area contributed by atoms with Crippen LogP contribution in [0.4, 0.5) is 11.4 Å². The standard InChI is InChI=1S/C12H21N3O4S/c1-18-5-3-15(4-6-19-2)11-7-10(13)8-12(9-11)20(14,16)17/h7-9H,3-6,13H2,1-2H3,(H2,14,16,17). The van der Waals surface area contributed by atoms with E-state index in [2.05, 4.69) is 0 Å². The van der Waals surface area contributed by atoms with Crippen LogP contribution < -0.4 is 15.8 Å². The number of hydrogen-bond acceptors (Lipinski definition) is 6. The van der Waals surface area contributed by atoms with E-state index in [4.69, 9.17) is 20.3 Å². The van der Waals surface area contributed by atoms with Crippen LogP contribution in [0.3, 0.4) is 0 Å². The molecular formula is C12H21N3O4S. The van der Waals surface area contributed by atoms with E-state index in [1.165, 1.54) is 12.1 Å². The minimum absolute atomic E-state index is 0.00710. The Morgan fingerprint density at radius 1 is 1.10 bits per heavy atom. The van der Waals surface area contributed by atoms with Crippen molar-refractivity contribution in [2.75, 3.05) is 51.2 Å². The second-order valence-electron chi connectivity index (χ2n) is 4.28. The van der Waals surface area contributed by atoms with Crippen molar-refractivity contribution < 1.29 is 17.9 Å². The first-order chi connectivity index (χ1) is 9.38. The number of benzene rings is 1. The summed E-state index contributed by atoms with van der Waals surface area (Å²) in [6.45, 7) is 2.19. The molecule has 0 saturated heterocycles. The van der Waals surface area contributed by atoms with Crippen LogP contribution in [0.15, 0.2) is 23.1 Å². The number of hydrogen-bond donors (Lipinski definition) is 2. The molecule has 0 saturated carbocycles. The molecule has 0 fully saturated rings. The van der Waals surface area contributed by atoms with Gasteiger partial charge < -0.3 is 20.1 Å². The molecule has 0 aromatic heterocycles. The molecule has 0 aliphatic heterocycles. The van der Waals surface area contributed by atoms with Crippen molar-refractivity contribution in [3.63, 3.8) is 0 Å². The number of nitrogens with two attached hydrogens (primary N) is 2. The molecule has 0 aliphatic carbocycles. The average Bonchev–Trinajstić information content (AvgIpc) is 2.37. The molecule has 0 bridgehead atoms. The normalized spacial score (nSPS) is 11.6. The summed E-state index contributed by atoms with van der Waals surface area (Å²) in [6.07, 6.45) is 0. The highest BCUT2D eigenvalue weighted by Gasteiger charge is 2.13. The highest BCUT2D eigenvalue weighted by molar-refractivity contribution is 7.89. The topological polar surface area (TPSA) is 108 Å². The predicted octanol–water partition coefficient (Wildman–Crippen LogP) is 0.0154. The first-order valence-corrected chi connectivity index (χ1v) is 7.59. The molecule has 114 valence electrons. The average molecular weight is 303 g/mol. The van der Waals surface area contributed by atoms with Gasteiger partial charge in [0.15, 0.2) is 0 Å². The highest BCUT2D eigenvalue weighted by Crippen LogP contribution is 2.23. The van der Waals surface area contributed by atoms with Crippen molar-refractivity contribution in [2.24, 2.45) is 5.14 Å². The predicted molar refractivity (Wildman–Crippen MR) is 78.2 cm³/mol. The summed E-state index contributed by atoms with van der Waals surface area (Å²) in [5.74, 6) is 0. The molecule has 0 unspecified atom stereocenters. The minimum atomic E-state index is -3.79. The lowest BCUT2D eigenvalue weighted by Crippen LogP contribution is -2.31. The van der Waals surface area contributed by atoms with Crippen LogP contribution in [-0.4, -0.2) is 48.9 Å². The third-order valence-corrected chi connectivity index (χ3v) is 3.63. The smallest absolute Gasteiger partial charge is 0.238 e. The van der Waals surface area contributed by atoms with Gasteiger partial charge in [0, 0.05) is 38.7 Å². The largest absolute Gasteiger partial charge is 0.399 e. The second-order valence-corrected chi connectivity index (χ2v) is 5.84. The highest BCUT2D eigenvalue weighted by atomic mass is 32.2. The number of methoxy groups -OCH3 is 2. The van der Waals surface area contributed by atoms with Crippen molar-refractivity contribution in [3.8, 4) is 0 Å². The van der Waals surface area contributed by atoms with Gasteiger partial charge in [-0.25, -0.2) is 13.6 Å². The number of rotatable bonds is 8. The molecule has 20 heavy (non-hydrogen) atoms. The van der Waals surface area contributed by atoms with Gasteiger partial charge in [0.25, 0.3) is 0 Å². The maximum absolute atomic E-state index is 11.4. The lowest BCUT2D eigenvalue weighted by molar-refractivity contribution is 0.190. The van der Waals surface area contributed by atoms with Crippen LogP contribution >= 0.6 is 0 Å². The minimum Gasteiger partial charge on any atom is -0.399 e. The van der Waals surface area contributed by atoms with Crippen molar-refractivity contribution in [1.29, 1.82) is 0 Å². The van der Waals surface area contributed by atoms with Crippen molar-refractivity contribution in [2.45, 2.75) is 4.90 Å². The maximum Gasteiger partial charge on any atom is 0.238 e. The molecule has 0 aliphatic rings. The Morgan fingerprint density at radius 3 is 2.10 bits per heavy atom. The van der Waals surface area contributed by atoms with Gasteiger partial charge in [-0.3, -0.25) is 0 Å². The zero-order valence-electron chi connectivity index (χ0n) is 11.7. The summed E-state index contributed by atoms with van der Waals surface area (Å²) >= 11 is 0. The Bertz CT molecular complexity index is 526. The maximum atomic E-state index is 11.4. The Morgan fingerprint density at radius 2 is 1.65 bits per heavy atom. The van der Waals surface area contributed by atoms with Crippen LogP contribution in [-0.2, 0) is 19.5 Å². The van der Waals surface area contributed by atoms with Gasteiger partial charge >= 0.3 is 0 Å². The summed E-state index contributed by atoms with van der Waals surface area (Å²) in [7, 11) is -0.590. The molecule has 4 N–H and O–H groups in total. The van der Waals surface area contributed by atoms with Gasteiger partial charge in [0.1, 0.15) is 0 Å². The molecule has 0 atom stereocenters. The van der Waals surface area contributed by atoms with Gasteiger partial charge in [0.05, 0.1) is 18.1 Å². The second kappa shape index (κ2) is 7.44. The molecule has 1 aromatic carbocycles. The number of primary sulfonamides is 1. The summed E-state index contributed by atoms with van der Waals surface area (Å²) in [4.78, 5) is 1.92. The van der Waals surface area contributed by atoms with Crippen LogP contribution in [0.5, 0.6) is 0 Å². The van der Waals surface area contributed by atoms with E-state index >= 15 is 0 Å². The fourth-order valence-corrected chi connectivity index (χ4v) is 2.31. The van der Waals surface area contributed by atoms with E-state index in [0.29, 0.717) is 37.7 Å². The molecule has 0 heterocycles. The first-order valence-electron chi connectivity index (χ1n) is 6.04. The van der Waals surface area contributed by atoms with Crippen LogP contribution in [0.2, 0.25) is 0 Å². The summed E-state index contributed by atoms with van der Waals surface area (Å²) in [5.41, 5.74) is 6.75. The van der Waals surface area contributed by atoms with E-state index in [0.717, 1.165) is 0 Å². The third kappa shape index (κ3) is 4.97. The third-order valence-electron chi connectivity index (χ3n) is 2.74. The number of anilines is 2. The fraction of sp³-hybridized carbons (Fsp3) is 0.500. The Hall–Kier alpha value is -1.35. The van der Waals surface area contributed by atoms with Gasteiger partial charge in [0.2, 0.25) is 10.0 Å². The molecule has 1 aromatic rings. The number of sulfonamides is 1. The van der Waals surface area contributed by atoms with Crippen LogP contribution in [0, 0.1) is 0 Å². The molecule has 0 amide bonds. The van der Waals surface area contributed by atoms with Gasteiger partial charge in [-0.05, 0) is 18.2 Å². The lowest BCUT2D eigenvalue weighted by atomic mass is 10.2. The molecular weight excluding hydrogens is 282 g/mol. The van der Waals surface area contributed by atoms with Crippen molar-refractivity contribution >= 4 is 21.4 Å². The van der Waals surface area contributed by atoms with Crippen LogP contribution in [0.25, 0.3) is 0 Å². The van der Waals surface area contributed by atoms with E-state index < -0.39 is 10.0 Å². The van der Waals surface area contributed by atoms with Gasteiger partial charge in [-0.2, -0.15) is 0 Å². The summed E-state index contributed by atoms with van der Waals surface area (Å²) in [6, 6.07) is 4.53. The number of nitrogens with zero attached hydrogens (tertiary/aromatic N) is 1. The Kier molecular flexibility index (Phi) is 6.21. The quantitative estimate of drug-likeness (QED) is 0.655. The molecule has 0 spiro atoms. The number of ether oxygens (including phenoxy) is 2. The summed E-state index contributed by atoms with van der Waals surface area (Å²) in [5, 5.41) is 5.14. The zero-order chi connectivity index (χ0) is 15.2. The lowest BCUT2D eigenvalue weighted by Gasteiger charge is -2.25. The monoisotopic (exact) mass is 303 g/mol. The van der Waals surface area contributed by atoms with Gasteiger partial charge in [-0.15, -0.1) is 0 Å². The first kappa shape index (κ1) is 16.7. The number of nitrogen functional groups attached to an aromatic ring is 1.